The second-order valence-electron chi connectivity index (χ2n) is 2.90. The summed E-state index contributed by atoms with van der Waals surface area (Å²) in [6.07, 6.45) is 1.71. The van der Waals surface area contributed by atoms with Gasteiger partial charge in [0.05, 0.1) is 7.11 Å². The van der Waals surface area contributed by atoms with Gasteiger partial charge in [-0.05, 0) is 24.4 Å². The summed E-state index contributed by atoms with van der Waals surface area (Å²) in [5.41, 5.74) is 0.908. The van der Waals surface area contributed by atoms with Crippen molar-refractivity contribution in [2.24, 2.45) is 4.99 Å². The van der Waals surface area contributed by atoms with Crippen molar-refractivity contribution >= 4 is 34.9 Å². The minimum Gasteiger partial charge on any atom is -0.496 e. The van der Waals surface area contributed by atoms with Crippen LogP contribution in [0.1, 0.15) is 5.56 Å². The molecule has 0 atom stereocenters. The number of para-hydroxylation sites is 1. The maximum Gasteiger partial charge on any atom is 0.230 e. The van der Waals surface area contributed by atoms with Crippen molar-refractivity contribution in [1.29, 1.82) is 0 Å². The summed E-state index contributed by atoms with van der Waals surface area (Å²) >= 11 is 6.24. The number of rotatable bonds is 3. The van der Waals surface area contributed by atoms with Crippen molar-refractivity contribution in [3.05, 3.63) is 33.8 Å². The first-order chi connectivity index (χ1) is 7.79. The number of aromatic nitrogens is 2. The van der Waals surface area contributed by atoms with Crippen LogP contribution in [-0.2, 0) is 0 Å². The topological polar surface area (TPSA) is 50.3 Å². The number of nitrogens with zero attached hydrogens (tertiary/aromatic N) is 2. The van der Waals surface area contributed by atoms with E-state index in [2.05, 4.69) is 15.2 Å². The summed E-state index contributed by atoms with van der Waals surface area (Å²) in [5.74, 6) is 0.783. The van der Waals surface area contributed by atoms with Gasteiger partial charge in [-0.25, -0.2) is 4.99 Å². The van der Waals surface area contributed by atoms with Gasteiger partial charge in [0.15, 0.2) is 3.95 Å². The third-order valence-electron chi connectivity index (χ3n) is 1.88. The van der Waals surface area contributed by atoms with Crippen molar-refractivity contribution in [3.63, 3.8) is 0 Å². The predicted molar refractivity (Wildman–Crippen MR) is 67.5 cm³/mol. The molecule has 4 nitrogen and oxygen atoms in total. The van der Waals surface area contributed by atoms with E-state index in [1.165, 1.54) is 11.3 Å². The number of hydrogen-bond acceptors (Lipinski definition) is 5. The number of ether oxygens (including phenoxy) is 1. The van der Waals surface area contributed by atoms with Crippen molar-refractivity contribution < 1.29 is 4.74 Å². The SMILES string of the molecule is COc1ccccc1C=Nc1n[nH]c(=S)s1. The molecular weight excluding hydrogens is 242 g/mol. The van der Waals surface area contributed by atoms with E-state index in [1.54, 1.807) is 13.3 Å². The van der Waals surface area contributed by atoms with E-state index in [0.29, 0.717) is 9.09 Å². The minimum atomic E-state index is 0.607. The smallest absolute Gasteiger partial charge is 0.230 e. The molecule has 2 rings (SSSR count). The number of H-pyrrole nitrogens is 1. The lowest BCUT2D eigenvalue weighted by Crippen LogP contribution is -1.89. The number of methoxy groups -OCH3 is 1. The highest BCUT2D eigenvalue weighted by molar-refractivity contribution is 7.73. The molecule has 1 aromatic heterocycles. The van der Waals surface area contributed by atoms with Crippen LogP contribution in [0, 0.1) is 3.95 Å². The summed E-state index contributed by atoms with van der Waals surface area (Å²) < 4.78 is 5.82. The highest BCUT2D eigenvalue weighted by Crippen LogP contribution is 2.18. The second kappa shape index (κ2) is 5.00. The van der Waals surface area contributed by atoms with Crippen LogP contribution < -0.4 is 4.74 Å². The molecule has 1 N–H and O–H groups in total. The molecule has 82 valence electrons. The summed E-state index contributed by atoms with van der Waals surface area (Å²) in [4.78, 5) is 4.21. The molecule has 0 spiro atoms. The molecule has 1 heterocycles. The van der Waals surface area contributed by atoms with Gasteiger partial charge in [-0.1, -0.05) is 23.5 Å². The van der Waals surface area contributed by atoms with E-state index in [4.69, 9.17) is 17.0 Å². The van der Waals surface area contributed by atoms with Crippen molar-refractivity contribution in [1.82, 2.24) is 10.2 Å². The molecule has 0 fully saturated rings. The summed E-state index contributed by atoms with van der Waals surface area (Å²) in [6, 6.07) is 7.65. The molecule has 6 heteroatoms. The highest BCUT2D eigenvalue weighted by atomic mass is 32.1. The number of hydrogen-bond donors (Lipinski definition) is 1. The fourth-order valence-corrected chi connectivity index (χ4v) is 1.90. The van der Waals surface area contributed by atoms with E-state index < -0.39 is 0 Å². The lowest BCUT2D eigenvalue weighted by atomic mass is 10.2. The molecule has 0 saturated carbocycles. The van der Waals surface area contributed by atoms with Crippen LogP contribution in [0.5, 0.6) is 5.75 Å². The second-order valence-corrected chi connectivity index (χ2v) is 4.54. The van der Waals surface area contributed by atoms with Crippen molar-refractivity contribution in [2.75, 3.05) is 7.11 Å². The monoisotopic (exact) mass is 251 g/mol. The normalized spacial score (nSPS) is 10.8. The number of nitrogens with one attached hydrogen (secondary N) is 1. The molecular formula is C10H9N3OS2. The summed E-state index contributed by atoms with van der Waals surface area (Å²) in [7, 11) is 1.63. The fourth-order valence-electron chi connectivity index (χ4n) is 1.18. The van der Waals surface area contributed by atoms with E-state index in [1.807, 2.05) is 24.3 Å². The lowest BCUT2D eigenvalue weighted by Gasteiger charge is -2.01. The van der Waals surface area contributed by atoms with E-state index in [-0.39, 0.29) is 0 Å². The van der Waals surface area contributed by atoms with Gasteiger partial charge in [0.2, 0.25) is 5.13 Å². The van der Waals surface area contributed by atoms with E-state index in [9.17, 15) is 0 Å². The van der Waals surface area contributed by atoms with Crippen LogP contribution >= 0.6 is 23.6 Å². The average Bonchev–Trinajstić information content (AvgIpc) is 2.73. The Morgan fingerprint density at radius 1 is 1.50 bits per heavy atom. The average molecular weight is 251 g/mol. The Hall–Kier alpha value is -1.53. The maximum atomic E-state index is 5.20. The molecule has 0 saturated heterocycles. The molecule has 0 unspecified atom stereocenters. The maximum absolute atomic E-state index is 5.20. The Balaban J connectivity index is 2.26. The van der Waals surface area contributed by atoms with Crippen LogP contribution in [0.25, 0.3) is 0 Å². The Kier molecular flexibility index (Phi) is 3.43. The molecule has 0 bridgehead atoms. The zero-order valence-electron chi connectivity index (χ0n) is 8.51. The first-order valence-electron chi connectivity index (χ1n) is 4.52. The fraction of sp³-hybridized carbons (Fsp3) is 0.100. The van der Waals surface area contributed by atoms with Gasteiger partial charge in [-0.2, -0.15) is 0 Å². The Labute approximate surface area is 102 Å². The van der Waals surface area contributed by atoms with Crippen LogP contribution in [0.3, 0.4) is 0 Å². The Morgan fingerprint density at radius 3 is 3.00 bits per heavy atom. The quantitative estimate of drug-likeness (QED) is 0.674. The van der Waals surface area contributed by atoms with E-state index >= 15 is 0 Å². The van der Waals surface area contributed by atoms with Crippen LogP contribution in [0.4, 0.5) is 5.13 Å². The number of aliphatic imine (C=N–C) groups is 1. The van der Waals surface area contributed by atoms with Crippen LogP contribution in [-0.4, -0.2) is 23.5 Å². The van der Waals surface area contributed by atoms with Gasteiger partial charge in [0.1, 0.15) is 5.75 Å². The largest absolute Gasteiger partial charge is 0.496 e. The molecule has 16 heavy (non-hydrogen) atoms. The Morgan fingerprint density at radius 2 is 2.31 bits per heavy atom. The molecule has 1 aromatic carbocycles. The van der Waals surface area contributed by atoms with Gasteiger partial charge >= 0.3 is 0 Å². The van der Waals surface area contributed by atoms with Crippen molar-refractivity contribution in [2.45, 2.75) is 0 Å². The van der Waals surface area contributed by atoms with Gasteiger partial charge in [0, 0.05) is 11.8 Å². The van der Waals surface area contributed by atoms with Gasteiger partial charge < -0.3 is 4.74 Å². The zero-order valence-corrected chi connectivity index (χ0v) is 10.1. The third-order valence-corrected chi connectivity index (χ3v) is 2.88. The van der Waals surface area contributed by atoms with Gasteiger partial charge in [0.25, 0.3) is 0 Å². The number of aromatic amines is 1. The molecule has 2 aromatic rings. The Bertz CT molecular complexity index is 559. The summed E-state index contributed by atoms with van der Waals surface area (Å²) in [5, 5.41) is 7.22. The molecule has 0 aliphatic heterocycles. The third kappa shape index (κ3) is 2.53. The van der Waals surface area contributed by atoms with Gasteiger partial charge in [-0.3, -0.25) is 5.10 Å². The summed E-state index contributed by atoms with van der Waals surface area (Å²) in [6.45, 7) is 0. The zero-order chi connectivity index (χ0) is 11.4. The molecule has 0 aliphatic carbocycles. The molecule has 0 amide bonds. The minimum absolute atomic E-state index is 0.607. The predicted octanol–water partition coefficient (Wildman–Crippen LogP) is 2.96. The van der Waals surface area contributed by atoms with Crippen molar-refractivity contribution in [3.8, 4) is 5.75 Å². The molecule has 0 aliphatic rings. The first-order valence-corrected chi connectivity index (χ1v) is 5.74. The number of benzene rings is 1. The van der Waals surface area contributed by atoms with E-state index in [0.717, 1.165) is 11.3 Å². The lowest BCUT2D eigenvalue weighted by molar-refractivity contribution is 0.414. The molecule has 0 radical (unpaired) electrons. The highest BCUT2D eigenvalue weighted by Gasteiger charge is 1.98. The van der Waals surface area contributed by atoms with Crippen LogP contribution in [0.15, 0.2) is 29.3 Å². The van der Waals surface area contributed by atoms with Gasteiger partial charge in [-0.15, -0.1) is 5.10 Å². The standard InChI is InChI=1S/C10H9N3OS2/c1-14-8-5-3-2-4-7(8)6-11-9-12-13-10(15)16-9/h2-6H,1H3,(H,13,15). The first kappa shape index (κ1) is 11.0. The van der Waals surface area contributed by atoms with Crippen LogP contribution in [0.2, 0.25) is 0 Å².